The van der Waals surface area contributed by atoms with Crippen LogP contribution in [0.1, 0.15) is 11.1 Å². The van der Waals surface area contributed by atoms with Crippen molar-refractivity contribution >= 4 is 49.8 Å². The number of aliphatic imine (C=N–C) groups is 1. The topological polar surface area (TPSA) is 38.7 Å². The Balaban J connectivity index is 2.00. The number of carbonyl (C=O) groups excluding carboxylic acids is 1. The van der Waals surface area contributed by atoms with Crippen molar-refractivity contribution in [1.82, 2.24) is 0 Å². The van der Waals surface area contributed by atoms with Crippen LogP contribution < -0.4 is 0 Å². The lowest BCUT2D eigenvalue weighted by molar-refractivity contribution is -0.129. The second kappa shape index (κ2) is 5.95. The van der Waals surface area contributed by atoms with Crippen LogP contribution in [0.3, 0.4) is 0 Å². The van der Waals surface area contributed by atoms with Gasteiger partial charge in [-0.05, 0) is 45.8 Å². The largest absolute Gasteiger partial charge is 0.402 e. The van der Waals surface area contributed by atoms with Crippen LogP contribution in [0.4, 0.5) is 0 Å². The molecule has 0 unspecified atom stereocenters. The highest BCUT2D eigenvalue weighted by Crippen LogP contribution is 2.25. The Morgan fingerprint density at radius 3 is 2.33 bits per heavy atom. The molecule has 104 valence electrons. The summed E-state index contributed by atoms with van der Waals surface area (Å²) in [5, 5.41) is 0. The molecule has 0 saturated carbocycles. The van der Waals surface area contributed by atoms with Gasteiger partial charge in [0.2, 0.25) is 5.90 Å². The lowest BCUT2D eigenvalue weighted by Crippen LogP contribution is -2.05. The molecular formula is C16H9Br2NO2. The van der Waals surface area contributed by atoms with Crippen LogP contribution in [0, 0.1) is 0 Å². The molecule has 1 heterocycles. The molecule has 0 radical (unpaired) electrons. The number of hydrogen-bond donors (Lipinski definition) is 0. The summed E-state index contributed by atoms with van der Waals surface area (Å²) in [5.41, 5.74) is 1.91. The number of ether oxygens (including phenoxy) is 1. The van der Waals surface area contributed by atoms with Gasteiger partial charge in [-0.1, -0.05) is 46.3 Å². The quantitative estimate of drug-likeness (QED) is 0.541. The first-order chi connectivity index (χ1) is 10.1. The van der Waals surface area contributed by atoms with Crippen LogP contribution in [0.5, 0.6) is 0 Å². The molecule has 21 heavy (non-hydrogen) atoms. The van der Waals surface area contributed by atoms with Crippen LogP contribution >= 0.6 is 31.9 Å². The third-order valence-corrected chi connectivity index (χ3v) is 4.34. The summed E-state index contributed by atoms with van der Waals surface area (Å²) in [7, 11) is 0. The molecular weight excluding hydrogens is 398 g/mol. The van der Waals surface area contributed by atoms with Gasteiger partial charge in [-0.2, -0.15) is 0 Å². The number of cyclic esters (lactones) is 1. The van der Waals surface area contributed by atoms with Crippen molar-refractivity contribution in [1.29, 1.82) is 0 Å². The lowest BCUT2D eigenvalue weighted by atomic mass is 10.2. The third kappa shape index (κ3) is 2.99. The molecule has 0 aliphatic carbocycles. The lowest BCUT2D eigenvalue weighted by Gasteiger charge is -2.01. The second-order valence-electron chi connectivity index (χ2n) is 4.34. The maximum atomic E-state index is 11.9. The standard InChI is InChI=1S/C16H9Br2NO2/c17-12-7-3-1-5-10(12)9-14-16(20)21-15(19-14)11-6-2-4-8-13(11)18/h1-9H. The van der Waals surface area contributed by atoms with Crippen LogP contribution in [0.15, 0.2) is 68.2 Å². The average Bonchev–Trinajstić information content (AvgIpc) is 2.83. The smallest absolute Gasteiger partial charge is 0.363 e. The average molecular weight is 407 g/mol. The normalized spacial score (nSPS) is 16.0. The van der Waals surface area contributed by atoms with E-state index in [2.05, 4.69) is 36.9 Å². The van der Waals surface area contributed by atoms with Crippen LogP contribution in [0.2, 0.25) is 0 Å². The number of carbonyl (C=O) groups is 1. The van der Waals surface area contributed by atoms with Gasteiger partial charge in [0.05, 0.1) is 5.56 Å². The van der Waals surface area contributed by atoms with Crippen LogP contribution in [0.25, 0.3) is 6.08 Å². The van der Waals surface area contributed by atoms with E-state index in [0.717, 1.165) is 20.1 Å². The van der Waals surface area contributed by atoms with Crippen molar-refractivity contribution in [2.24, 2.45) is 4.99 Å². The van der Waals surface area contributed by atoms with Gasteiger partial charge in [0.25, 0.3) is 0 Å². The number of rotatable bonds is 2. The van der Waals surface area contributed by atoms with E-state index in [1.165, 1.54) is 0 Å². The zero-order valence-corrected chi connectivity index (χ0v) is 13.9. The number of benzene rings is 2. The Hall–Kier alpha value is -1.72. The van der Waals surface area contributed by atoms with E-state index in [1.54, 1.807) is 6.08 Å². The summed E-state index contributed by atoms with van der Waals surface area (Å²) in [5.74, 6) is -0.137. The highest BCUT2D eigenvalue weighted by molar-refractivity contribution is 9.10. The molecule has 1 aliphatic heterocycles. The van der Waals surface area contributed by atoms with Gasteiger partial charge < -0.3 is 4.74 Å². The predicted octanol–water partition coefficient (Wildman–Crippen LogP) is 4.56. The molecule has 0 saturated heterocycles. The van der Waals surface area contributed by atoms with Crippen LogP contribution in [-0.4, -0.2) is 11.9 Å². The van der Waals surface area contributed by atoms with Gasteiger partial charge in [0.1, 0.15) is 0 Å². The number of halogens is 2. The molecule has 2 aromatic carbocycles. The number of hydrogen-bond acceptors (Lipinski definition) is 3. The molecule has 1 aliphatic rings. The molecule has 0 spiro atoms. The third-order valence-electron chi connectivity index (χ3n) is 2.92. The van der Waals surface area contributed by atoms with Crippen molar-refractivity contribution in [3.8, 4) is 0 Å². The molecule has 0 fully saturated rings. The minimum absolute atomic E-state index is 0.285. The van der Waals surface area contributed by atoms with Gasteiger partial charge in [-0.3, -0.25) is 0 Å². The minimum atomic E-state index is -0.448. The Kier molecular flexibility index (Phi) is 4.03. The molecule has 3 rings (SSSR count). The van der Waals surface area contributed by atoms with Gasteiger partial charge >= 0.3 is 5.97 Å². The molecule has 0 amide bonds. The SMILES string of the molecule is O=C1OC(c2ccccc2Br)=NC1=Cc1ccccc1Br. The predicted molar refractivity (Wildman–Crippen MR) is 88.9 cm³/mol. The summed E-state index contributed by atoms with van der Waals surface area (Å²) < 4.78 is 6.98. The minimum Gasteiger partial charge on any atom is -0.402 e. The summed E-state index contributed by atoms with van der Waals surface area (Å²) in [4.78, 5) is 16.2. The van der Waals surface area contributed by atoms with E-state index in [1.807, 2.05) is 48.5 Å². The van der Waals surface area contributed by atoms with Crippen molar-refractivity contribution in [3.63, 3.8) is 0 Å². The first kappa shape index (κ1) is 14.2. The van der Waals surface area contributed by atoms with Gasteiger partial charge in [-0.15, -0.1) is 0 Å². The Bertz CT molecular complexity index is 781. The first-order valence-electron chi connectivity index (χ1n) is 6.17. The van der Waals surface area contributed by atoms with Crippen molar-refractivity contribution in [2.45, 2.75) is 0 Å². The molecule has 0 atom stereocenters. The Morgan fingerprint density at radius 2 is 1.62 bits per heavy atom. The molecule has 3 nitrogen and oxygen atoms in total. The van der Waals surface area contributed by atoms with E-state index in [9.17, 15) is 4.79 Å². The zero-order valence-electron chi connectivity index (χ0n) is 10.7. The summed E-state index contributed by atoms with van der Waals surface area (Å²) >= 11 is 6.87. The fourth-order valence-corrected chi connectivity index (χ4v) is 2.75. The van der Waals surface area contributed by atoms with Gasteiger partial charge in [0.15, 0.2) is 5.70 Å². The molecule has 0 bridgehead atoms. The molecule has 2 aromatic rings. The van der Waals surface area contributed by atoms with E-state index in [4.69, 9.17) is 4.74 Å². The Morgan fingerprint density at radius 1 is 0.952 bits per heavy atom. The highest BCUT2D eigenvalue weighted by atomic mass is 79.9. The maximum Gasteiger partial charge on any atom is 0.363 e. The molecule has 0 aromatic heterocycles. The van der Waals surface area contributed by atoms with E-state index < -0.39 is 5.97 Å². The van der Waals surface area contributed by atoms with Gasteiger partial charge in [0, 0.05) is 8.95 Å². The van der Waals surface area contributed by atoms with E-state index in [-0.39, 0.29) is 5.70 Å². The molecule has 5 heteroatoms. The summed E-state index contributed by atoms with van der Waals surface area (Å²) in [6.45, 7) is 0. The van der Waals surface area contributed by atoms with Crippen molar-refractivity contribution < 1.29 is 9.53 Å². The fourth-order valence-electron chi connectivity index (χ4n) is 1.90. The maximum absolute atomic E-state index is 11.9. The number of esters is 1. The van der Waals surface area contributed by atoms with Crippen molar-refractivity contribution in [3.05, 3.63) is 74.3 Å². The second-order valence-corrected chi connectivity index (χ2v) is 6.05. The highest BCUT2D eigenvalue weighted by Gasteiger charge is 2.25. The first-order valence-corrected chi connectivity index (χ1v) is 7.76. The summed E-state index contributed by atoms with van der Waals surface area (Å²) in [6, 6.07) is 15.1. The number of nitrogens with zero attached hydrogens (tertiary/aromatic N) is 1. The van der Waals surface area contributed by atoms with Crippen molar-refractivity contribution in [2.75, 3.05) is 0 Å². The fraction of sp³-hybridized carbons (Fsp3) is 0. The summed E-state index contributed by atoms with van der Waals surface area (Å²) in [6.07, 6.45) is 1.70. The van der Waals surface area contributed by atoms with Crippen LogP contribution in [-0.2, 0) is 9.53 Å². The van der Waals surface area contributed by atoms with E-state index >= 15 is 0 Å². The van der Waals surface area contributed by atoms with Gasteiger partial charge in [-0.25, -0.2) is 9.79 Å². The zero-order chi connectivity index (χ0) is 14.8. The Labute approximate surface area is 138 Å². The molecule has 0 N–H and O–H groups in total. The van der Waals surface area contributed by atoms with E-state index in [0.29, 0.717) is 5.90 Å². The monoisotopic (exact) mass is 405 g/mol.